The van der Waals surface area contributed by atoms with Crippen LogP contribution in [0, 0.1) is 15.5 Å². The molecule has 110 valence electrons. The van der Waals surface area contributed by atoms with E-state index >= 15 is 0 Å². The van der Waals surface area contributed by atoms with Gasteiger partial charge in [0.2, 0.25) is 0 Å². The van der Waals surface area contributed by atoms with Crippen molar-refractivity contribution in [2.45, 2.75) is 38.2 Å². The number of benzene rings is 1. The minimum absolute atomic E-state index is 0.0879. The molecule has 1 aromatic carbocycles. The van der Waals surface area contributed by atoms with Gasteiger partial charge in [0.1, 0.15) is 0 Å². The minimum Gasteiger partial charge on any atom is -0.392 e. The number of aliphatic hydroxyl groups excluding tert-OH is 1. The molecule has 1 aliphatic carbocycles. The Balaban J connectivity index is 2.34. The summed E-state index contributed by atoms with van der Waals surface area (Å²) in [5, 5.41) is 21.5. The third-order valence-corrected chi connectivity index (χ3v) is 4.80. The van der Waals surface area contributed by atoms with Crippen LogP contribution in [0.3, 0.4) is 0 Å². The Morgan fingerprint density at radius 1 is 1.50 bits per heavy atom. The predicted molar refractivity (Wildman–Crippen MR) is 80.5 cm³/mol. The molecule has 5 nitrogen and oxygen atoms in total. The molecular formula is C14H19BrN2O3. The normalized spacial score (nSPS) is 26.4. The summed E-state index contributed by atoms with van der Waals surface area (Å²) < 4.78 is 0.680. The van der Waals surface area contributed by atoms with Crippen LogP contribution in [0.4, 0.5) is 5.69 Å². The monoisotopic (exact) mass is 342 g/mol. The Bertz CT molecular complexity index is 509. The van der Waals surface area contributed by atoms with Crippen LogP contribution in [0.15, 0.2) is 22.7 Å². The molecule has 20 heavy (non-hydrogen) atoms. The largest absolute Gasteiger partial charge is 0.392 e. The van der Waals surface area contributed by atoms with Crippen molar-refractivity contribution in [3.05, 3.63) is 38.3 Å². The van der Waals surface area contributed by atoms with E-state index in [9.17, 15) is 15.2 Å². The number of nitro benzene ring substituents is 1. The van der Waals surface area contributed by atoms with Gasteiger partial charge in [-0.2, -0.15) is 0 Å². The third kappa shape index (κ3) is 3.02. The van der Waals surface area contributed by atoms with Crippen molar-refractivity contribution in [2.75, 3.05) is 6.54 Å². The molecule has 1 saturated carbocycles. The second-order valence-electron chi connectivity index (χ2n) is 5.53. The topological polar surface area (TPSA) is 89.4 Å². The fraction of sp³-hybridized carbons (Fsp3) is 0.571. The van der Waals surface area contributed by atoms with Crippen LogP contribution >= 0.6 is 15.9 Å². The van der Waals surface area contributed by atoms with E-state index in [2.05, 4.69) is 15.9 Å². The Morgan fingerprint density at radius 2 is 2.25 bits per heavy atom. The third-order valence-electron chi connectivity index (χ3n) is 4.30. The number of nitrogens with zero attached hydrogens (tertiary/aromatic N) is 1. The lowest BCUT2D eigenvalue weighted by molar-refractivity contribution is -0.385. The quantitative estimate of drug-likeness (QED) is 0.650. The summed E-state index contributed by atoms with van der Waals surface area (Å²) in [4.78, 5) is 10.8. The van der Waals surface area contributed by atoms with Crippen molar-refractivity contribution in [1.29, 1.82) is 0 Å². The highest BCUT2D eigenvalue weighted by Crippen LogP contribution is 2.40. The molecule has 2 rings (SSSR count). The molecule has 0 saturated heterocycles. The average Bonchev–Trinajstić information content (AvgIpc) is 2.43. The lowest BCUT2D eigenvalue weighted by Crippen LogP contribution is -2.45. The first-order valence-electron chi connectivity index (χ1n) is 6.79. The molecule has 6 heteroatoms. The van der Waals surface area contributed by atoms with Crippen LogP contribution < -0.4 is 5.73 Å². The number of aliphatic hydroxyl groups is 1. The van der Waals surface area contributed by atoms with Gasteiger partial charge in [0.15, 0.2) is 0 Å². The maximum Gasteiger partial charge on any atom is 0.273 e. The van der Waals surface area contributed by atoms with Crippen LogP contribution in [0.2, 0.25) is 0 Å². The Morgan fingerprint density at radius 3 is 2.85 bits per heavy atom. The molecule has 2 unspecified atom stereocenters. The molecule has 0 amide bonds. The molecule has 2 atom stereocenters. The number of rotatable bonds is 4. The molecule has 0 aliphatic heterocycles. The van der Waals surface area contributed by atoms with Crippen LogP contribution in [-0.2, 0) is 6.42 Å². The fourth-order valence-corrected chi connectivity index (χ4v) is 3.39. The highest BCUT2D eigenvalue weighted by molar-refractivity contribution is 9.10. The SMILES string of the molecule is NCC1(Cc2ccc(Br)cc2[N+](=O)[O-])CCCCC1O. The molecule has 0 aromatic heterocycles. The molecule has 1 fully saturated rings. The van der Waals surface area contributed by atoms with Gasteiger partial charge in [0.05, 0.1) is 11.0 Å². The Labute approximate surface area is 126 Å². The molecule has 3 N–H and O–H groups in total. The number of nitrogens with two attached hydrogens (primary N) is 1. The van der Waals surface area contributed by atoms with E-state index < -0.39 is 11.5 Å². The second-order valence-corrected chi connectivity index (χ2v) is 6.45. The lowest BCUT2D eigenvalue weighted by Gasteiger charge is -2.40. The van der Waals surface area contributed by atoms with Gasteiger partial charge >= 0.3 is 0 Å². The van der Waals surface area contributed by atoms with Crippen LogP contribution in [0.5, 0.6) is 0 Å². The van der Waals surface area contributed by atoms with Gasteiger partial charge in [0.25, 0.3) is 5.69 Å². The standard InChI is InChI=1S/C14H19BrN2O3/c15-11-5-4-10(12(7-11)17(19)20)8-14(9-16)6-2-1-3-13(14)18/h4-5,7,13,18H,1-3,6,8-9,16H2. The average molecular weight is 343 g/mol. The maximum absolute atomic E-state index is 11.2. The summed E-state index contributed by atoms with van der Waals surface area (Å²) in [6.45, 7) is 0.349. The maximum atomic E-state index is 11.2. The van der Waals surface area contributed by atoms with E-state index in [0.717, 1.165) is 25.7 Å². The van der Waals surface area contributed by atoms with Gasteiger partial charge in [-0.15, -0.1) is 0 Å². The smallest absolute Gasteiger partial charge is 0.273 e. The lowest BCUT2D eigenvalue weighted by atomic mass is 9.68. The van der Waals surface area contributed by atoms with Crippen molar-refractivity contribution in [2.24, 2.45) is 11.1 Å². The van der Waals surface area contributed by atoms with Crippen LogP contribution in [-0.4, -0.2) is 22.7 Å². The van der Waals surface area contributed by atoms with Gasteiger partial charge in [-0.05, 0) is 25.3 Å². The second kappa shape index (κ2) is 6.20. The summed E-state index contributed by atoms with van der Waals surface area (Å²) >= 11 is 3.25. The van der Waals surface area contributed by atoms with E-state index in [1.54, 1.807) is 12.1 Å². The summed E-state index contributed by atoms with van der Waals surface area (Å²) in [6, 6.07) is 5.05. The first kappa shape index (κ1) is 15.4. The Hall–Kier alpha value is -0.980. The van der Waals surface area contributed by atoms with Gasteiger partial charge in [-0.1, -0.05) is 34.8 Å². The summed E-state index contributed by atoms with van der Waals surface area (Å²) in [6.07, 6.45) is 3.52. The fourth-order valence-electron chi connectivity index (χ4n) is 3.04. The van der Waals surface area contributed by atoms with Gasteiger partial charge in [-0.3, -0.25) is 10.1 Å². The van der Waals surface area contributed by atoms with Gasteiger partial charge < -0.3 is 10.8 Å². The van der Waals surface area contributed by atoms with Gasteiger partial charge in [-0.25, -0.2) is 0 Å². The van der Waals surface area contributed by atoms with Crippen molar-refractivity contribution >= 4 is 21.6 Å². The predicted octanol–water partition coefficient (Wildman–Crippen LogP) is 2.78. The Kier molecular flexibility index (Phi) is 4.78. The molecule has 0 heterocycles. The summed E-state index contributed by atoms with van der Waals surface area (Å²) in [5.74, 6) is 0. The van der Waals surface area contributed by atoms with E-state index in [1.807, 2.05) is 0 Å². The van der Waals surface area contributed by atoms with Crippen LogP contribution in [0.25, 0.3) is 0 Å². The van der Waals surface area contributed by atoms with Crippen molar-refractivity contribution < 1.29 is 10.0 Å². The highest BCUT2D eigenvalue weighted by atomic mass is 79.9. The molecule has 1 aromatic rings. The van der Waals surface area contributed by atoms with Crippen molar-refractivity contribution in [1.82, 2.24) is 0 Å². The number of hydrogen-bond acceptors (Lipinski definition) is 4. The number of hydrogen-bond donors (Lipinski definition) is 2. The highest BCUT2D eigenvalue weighted by Gasteiger charge is 2.40. The van der Waals surface area contributed by atoms with E-state index in [-0.39, 0.29) is 10.6 Å². The number of halogens is 1. The van der Waals surface area contributed by atoms with Gasteiger partial charge in [0, 0.05) is 28.1 Å². The van der Waals surface area contributed by atoms with Crippen LogP contribution in [0.1, 0.15) is 31.2 Å². The molecule has 0 radical (unpaired) electrons. The minimum atomic E-state index is -0.482. The summed E-state index contributed by atoms with van der Waals surface area (Å²) in [7, 11) is 0. The first-order valence-corrected chi connectivity index (χ1v) is 7.59. The van der Waals surface area contributed by atoms with E-state index in [1.165, 1.54) is 6.07 Å². The molecule has 0 spiro atoms. The van der Waals surface area contributed by atoms with E-state index in [0.29, 0.717) is 23.0 Å². The zero-order valence-corrected chi connectivity index (χ0v) is 12.8. The van der Waals surface area contributed by atoms with E-state index in [4.69, 9.17) is 5.73 Å². The zero-order chi connectivity index (χ0) is 14.8. The first-order chi connectivity index (χ1) is 9.48. The molecule has 0 bridgehead atoms. The number of nitro groups is 1. The summed E-state index contributed by atoms with van der Waals surface area (Å²) in [5.41, 5.74) is 6.19. The molecular weight excluding hydrogens is 324 g/mol. The molecule has 1 aliphatic rings. The van der Waals surface area contributed by atoms with Crippen molar-refractivity contribution in [3.63, 3.8) is 0 Å². The van der Waals surface area contributed by atoms with Crippen molar-refractivity contribution in [3.8, 4) is 0 Å². The zero-order valence-electron chi connectivity index (χ0n) is 11.2.